The third-order valence-electron chi connectivity index (χ3n) is 7.15. The maximum atomic E-state index is 12.1. The number of benzene rings is 4. The largest absolute Gasteiger partial charge is 0.478 e. The highest BCUT2D eigenvalue weighted by Gasteiger charge is 2.18. The monoisotopic (exact) mass is 543 g/mol. The van der Waals surface area contributed by atoms with Crippen LogP contribution in [0.4, 0.5) is 0 Å². The quantitative estimate of drug-likeness (QED) is 0.183. The van der Waals surface area contributed by atoms with Crippen LogP contribution in [0.1, 0.15) is 27.0 Å². The molecule has 6 rings (SSSR count). The molecule has 1 aliphatic heterocycles. The van der Waals surface area contributed by atoms with E-state index in [1.165, 1.54) is 10.5 Å². The van der Waals surface area contributed by atoms with Crippen molar-refractivity contribution in [2.45, 2.75) is 11.4 Å². The zero-order valence-electron chi connectivity index (χ0n) is 22.0. The number of aromatic carboxylic acids is 1. The number of carboxylic acids is 1. The average molecular weight is 544 g/mol. The van der Waals surface area contributed by atoms with E-state index in [1.54, 1.807) is 12.1 Å². The zero-order valence-corrected chi connectivity index (χ0v) is 22.8. The predicted octanol–water partition coefficient (Wildman–Crippen LogP) is 6.76. The smallest absolute Gasteiger partial charge is 0.336 e. The lowest BCUT2D eigenvalue weighted by Gasteiger charge is -2.33. The highest BCUT2D eigenvalue weighted by molar-refractivity contribution is 7.97. The van der Waals surface area contributed by atoms with Crippen molar-refractivity contribution in [1.29, 1.82) is 0 Å². The number of carbonyl (C=O) groups is 1. The fourth-order valence-electron chi connectivity index (χ4n) is 5.05. The van der Waals surface area contributed by atoms with Crippen LogP contribution in [0.5, 0.6) is 0 Å². The molecule has 2 heterocycles. The standard InChI is InChI=1S/C34H29N3O2S/c38-34(39)31-8-4-5-28(33(31)29-16-15-27-17-18-35-32(27)23-29)14-13-25-9-11-26(12-10-25)24-36-19-21-37(22-20-36)40-30-6-2-1-3-7-30/h1-12,15-18,23,35H,19-22,24H2,(H,38,39). The second kappa shape index (κ2) is 11.8. The Morgan fingerprint density at radius 1 is 0.850 bits per heavy atom. The van der Waals surface area contributed by atoms with Gasteiger partial charge in [0, 0.05) is 66.0 Å². The lowest BCUT2D eigenvalue weighted by Crippen LogP contribution is -2.42. The van der Waals surface area contributed by atoms with Gasteiger partial charge < -0.3 is 10.1 Å². The molecule has 1 saturated heterocycles. The number of H-pyrrole nitrogens is 1. The molecule has 5 aromatic rings. The van der Waals surface area contributed by atoms with E-state index in [9.17, 15) is 9.90 Å². The molecular weight excluding hydrogens is 514 g/mol. The van der Waals surface area contributed by atoms with Gasteiger partial charge in [0.1, 0.15) is 0 Å². The van der Waals surface area contributed by atoms with Crippen molar-refractivity contribution in [3.05, 3.63) is 126 Å². The summed E-state index contributed by atoms with van der Waals surface area (Å²) in [6.07, 6.45) is 1.88. The summed E-state index contributed by atoms with van der Waals surface area (Å²) >= 11 is 1.84. The van der Waals surface area contributed by atoms with Crippen LogP contribution in [0.25, 0.3) is 22.0 Å². The highest BCUT2D eigenvalue weighted by Crippen LogP contribution is 2.30. The van der Waals surface area contributed by atoms with E-state index < -0.39 is 5.97 Å². The number of rotatable bonds is 6. The first-order valence-electron chi connectivity index (χ1n) is 13.4. The summed E-state index contributed by atoms with van der Waals surface area (Å²) in [5.41, 5.74) is 5.54. The normalized spacial score (nSPS) is 14.1. The molecule has 6 heteroatoms. The Kier molecular flexibility index (Phi) is 7.69. The van der Waals surface area contributed by atoms with Crippen LogP contribution >= 0.6 is 11.9 Å². The molecule has 0 amide bonds. The first kappa shape index (κ1) is 26.0. The van der Waals surface area contributed by atoms with Crippen LogP contribution in [0.2, 0.25) is 0 Å². The molecule has 1 fully saturated rings. The molecule has 0 radical (unpaired) electrons. The number of aromatic nitrogens is 1. The first-order chi connectivity index (χ1) is 19.6. The number of aromatic amines is 1. The maximum Gasteiger partial charge on any atom is 0.336 e. The SMILES string of the molecule is O=C(O)c1cccc(C#Cc2ccc(CN3CCN(Sc4ccccc4)CC3)cc2)c1-c1ccc2cc[nH]c2c1. The molecule has 0 bridgehead atoms. The summed E-state index contributed by atoms with van der Waals surface area (Å²) in [5.74, 6) is 5.54. The summed E-state index contributed by atoms with van der Waals surface area (Å²) in [6.45, 7) is 5.08. The van der Waals surface area contributed by atoms with Gasteiger partial charge in [0.25, 0.3) is 0 Å². The molecule has 0 aliphatic carbocycles. The fraction of sp³-hybridized carbons (Fsp3) is 0.147. The number of nitrogens with zero attached hydrogens (tertiary/aromatic N) is 2. The highest BCUT2D eigenvalue weighted by atomic mass is 32.2. The molecule has 0 unspecified atom stereocenters. The minimum Gasteiger partial charge on any atom is -0.478 e. The second-order valence-electron chi connectivity index (χ2n) is 9.87. The summed E-state index contributed by atoms with van der Waals surface area (Å²) in [5, 5.41) is 11.0. The Bertz CT molecular complexity index is 1690. The van der Waals surface area contributed by atoms with Crippen LogP contribution in [0.3, 0.4) is 0 Å². The Labute approximate surface area is 238 Å². The number of nitrogens with one attached hydrogen (secondary N) is 1. The molecule has 1 aliphatic rings. The van der Waals surface area contributed by atoms with Crippen molar-refractivity contribution >= 4 is 28.8 Å². The van der Waals surface area contributed by atoms with Crippen LogP contribution < -0.4 is 0 Å². The van der Waals surface area contributed by atoms with E-state index in [1.807, 2.05) is 48.5 Å². The van der Waals surface area contributed by atoms with Crippen molar-refractivity contribution in [1.82, 2.24) is 14.2 Å². The number of hydrogen-bond donors (Lipinski definition) is 2. The van der Waals surface area contributed by atoms with Gasteiger partial charge in [-0.1, -0.05) is 60.4 Å². The molecule has 0 saturated carbocycles. The summed E-state index contributed by atoms with van der Waals surface area (Å²) in [6, 6.07) is 32.1. The van der Waals surface area contributed by atoms with E-state index >= 15 is 0 Å². The minimum absolute atomic E-state index is 0.246. The van der Waals surface area contributed by atoms with Gasteiger partial charge in [-0.2, -0.15) is 0 Å². The Hall–Kier alpha value is -4.28. The molecule has 5 nitrogen and oxygen atoms in total. The lowest BCUT2D eigenvalue weighted by atomic mass is 9.93. The number of fused-ring (bicyclic) bond motifs is 1. The summed E-state index contributed by atoms with van der Waals surface area (Å²) in [7, 11) is 0. The van der Waals surface area contributed by atoms with E-state index in [0.717, 1.165) is 54.8 Å². The molecule has 1 aromatic heterocycles. The maximum absolute atomic E-state index is 12.1. The Morgan fingerprint density at radius 2 is 1.65 bits per heavy atom. The topological polar surface area (TPSA) is 59.6 Å². The molecule has 40 heavy (non-hydrogen) atoms. The summed E-state index contributed by atoms with van der Waals surface area (Å²) in [4.78, 5) is 19.1. The Balaban J connectivity index is 1.14. The van der Waals surface area contributed by atoms with Crippen LogP contribution in [-0.4, -0.2) is 51.4 Å². The van der Waals surface area contributed by atoms with Crippen LogP contribution in [0, 0.1) is 11.8 Å². The van der Waals surface area contributed by atoms with Crippen molar-refractivity contribution in [3.63, 3.8) is 0 Å². The van der Waals surface area contributed by atoms with E-state index in [-0.39, 0.29) is 5.56 Å². The van der Waals surface area contributed by atoms with Gasteiger partial charge in [-0.3, -0.25) is 4.90 Å². The Morgan fingerprint density at radius 3 is 2.42 bits per heavy atom. The van der Waals surface area contributed by atoms with E-state index in [4.69, 9.17) is 0 Å². The van der Waals surface area contributed by atoms with Gasteiger partial charge >= 0.3 is 5.97 Å². The van der Waals surface area contributed by atoms with Gasteiger partial charge in [-0.05, 0) is 77.0 Å². The second-order valence-corrected chi connectivity index (χ2v) is 11.0. The van der Waals surface area contributed by atoms with Gasteiger partial charge in [0.05, 0.1) is 5.56 Å². The van der Waals surface area contributed by atoms with Crippen molar-refractivity contribution in [2.24, 2.45) is 0 Å². The fourth-order valence-corrected chi connectivity index (χ4v) is 5.97. The van der Waals surface area contributed by atoms with Crippen LogP contribution in [0.15, 0.2) is 108 Å². The molecule has 0 spiro atoms. The molecule has 0 atom stereocenters. The molecular formula is C34H29N3O2S. The van der Waals surface area contributed by atoms with E-state index in [2.05, 4.69) is 80.6 Å². The molecule has 4 aromatic carbocycles. The predicted molar refractivity (Wildman–Crippen MR) is 162 cm³/mol. The van der Waals surface area contributed by atoms with Crippen molar-refractivity contribution in [3.8, 4) is 23.0 Å². The lowest BCUT2D eigenvalue weighted by molar-refractivity contribution is 0.0697. The van der Waals surface area contributed by atoms with Gasteiger partial charge in [-0.25, -0.2) is 9.10 Å². The van der Waals surface area contributed by atoms with Crippen molar-refractivity contribution < 1.29 is 9.90 Å². The third kappa shape index (κ3) is 5.98. The minimum atomic E-state index is -0.964. The van der Waals surface area contributed by atoms with E-state index in [0.29, 0.717) is 11.1 Å². The first-order valence-corrected chi connectivity index (χ1v) is 14.1. The van der Waals surface area contributed by atoms with Crippen molar-refractivity contribution in [2.75, 3.05) is 26.2 Å². The third-order valence-corrected chi connectivity index (χ3v) is 8.26. The zero-order chi connectivity index (χ0) is 27.3. The summed E-state index contributed by atoms with van der Waals surface area (Å²) < 4.78 is 2.44. The van der Waals surface area contributed by atoms with Crippen LogP contribution in [-0.2, 0) is 6.54 Å². The number of piperazine rings is 1. The van der Waals surface area contributed by atoms with Gasteiger partial charge in [0.2, 0.25) is 0 Å². The number of hydrogen-bond acceptors (Lipinski definition) is 4. The van der Waals surface area contributed by atoms with Gasteiger partial charge in [0.15, 0.2) is 0 Å². The molecule has 198 valence electrons. The molecule has 2 N–H and O–H groups in total. The van der Waals surface area contributed by atoms with Gasteiger partial charge in [-0.15, -0.1) is 0 Å². The average Bonchev–Trinajstić information content (AvgIpc) is 3.46. The number of carboxylic acid groups (broad SMARTS) is 1.